The maximum absolute atomic E-state index is 9.89. The molecule has 0 fully saturated rings. The molecule has 130 valence electrons. The number of imidazole rings is 1. The van der Waals surface area contributed by atoms with E-state index in [1.54, 1.807) is 6.33 Å². The summed E-state index contributed by atoms with van der Waals surface area (Å²) in [6.07, 6.45) is 1.71. The summed E-state index contributed by atoms with van der Waals surface area (Å²) in [5, 5.41) is 19.8. The van der Waals surface area contributed by atoms with E-state index in [0.717, 1.165) is 33.6 Å². The van der Waals surface area contributed by atoms with Crippen LogP contribution in [0.4, 0.5) is 0 Å². The highest BCUT2D eigenvalue weighted by Gasteiger charge is 2.29. The van der Waals surface area contributed by atoms with Gasteiger partial charge in [-0.15, -0.1) is 0 Å². The third-order valence-corrected chi connectivity index (χ3v) is 4.57. The van der Waals surface area contributed by atoms with Crippen LogP contribution in [0.5, 0.6) is 0 Å². The Balaban J connectivity index is 2.30. The Morgan fingerprint density at radius 2 is 1.52 bits per heavy atom. The maximum Gasteiger partial charge on any atom is 0.0965 e. The van der Waals surface area contributed by atoms with Crippen LogP contribution in [-0.2, 0) is 5.54 Å². The molecule has 3 rings (SSSR count). The molecule has 0 aliphatic carbocycles. The number of benzene rings is 2. The lowest BCUT2D eigenvalue weighted by molar-refractivity contribution is 0.0790. The number of aliphatic hydroxyl groups is 2. The van der Waals surface area contributed by atoms with Gasteiger partial charge in [0.25, 0.3) is 0 Å². The van der Waals surface area contributed by atoms with E-state index in [9.17, 15) is 10.2 Å². The summed E-state index contributed by atoms with van der Waals surface area (Å²) in [5.74, 6) is 0. The Labute approximate surface area is 148 Å². The van der Waals surface area contributed by atoms with Crippen LogP contribution in [0.25, 0.3) is 22.5 Å². The summed E-state index contributed by atoms with van der Waals surface area (Å²) in [5.41, 5.74) is 5.29. The second-order valence-electron chi connectivity index (χ2n) is 6.87. The summed E-state index contributed by atoms with van der Waals surface area (Å²) < 4.78 is 1.89. The van der Waals surface area contributed by atoms with E-state index in [-0.39, 0.29) is 13.2 Å². The number of aromatic nitrogens is 2. The van der Waals surface area contributed by atoms with Crippen LogP contribution in [0.2, 0.25) is 0 Å². The first kappa shape index (κ1) is 17.4. The van der Waals surface area contributed by atoms with Crippen LogP contribution in [-0.4, -0.2) is 33.0 Å². The van der Waals surface area contributed by atoms with Gasteiger partial charge in [-0.2, -0.15) is 0 Å². The standard InChI is InChI=1S/C21H24N2O2/c1-15-9-16(2)11-18(10-15)20-19(17-7-5-4-6-8-17)22-14-23(20)21(3,12-24)13-25/h4-11,14,24-25H,12-13H2,1-3H3. The predicted octanol–water partition coefficient (Wildman–Crippen LogP) is 3.53. The van der Waals surface area contributed by atoms with Crippen molar-refractivity contribution in [1.29, 1.82) is 0 Å². The zero-order valence-corrected chi connectivity index (χ0v) is 14.9. The third kappa shape index (κ3) is 3.23. The first-order valence-corrected chi connectivity index (χ1v) is 8.42. The molecule has 4 nitrogen and oxygen atoms in total. The molecule has 1 heterocycles. The van der Waals surface area contributed by atoms with Crippen molar-refractivity contribution in [2.75, 3.05) is 13.2 Å². The molecule has 0 spiro atoms. The molecular formula is C21H24N2O2. The van der Waals surface area contributed by atoms with Gasteiger partial charge in [-0.1, -0.05) is 47.5 Å². The van der Waals surface area contributed by atoms with Crippen molar-refractivity contribution >= 4 is 0 Å². The van der Waals surface area contributed by atoms with E-state index in [4.69, 9.17) is 0 Å². The lowest BCUT2D eigenvalue weighted by Crippen LogP contribution is -2.38. The summed E-state index contributed by atoms with van der Waals surface area (Å²) in [4.78, 5) is 4.62. The van der Waals surface area contributed by atoms with Gasteiger partial charge in [-0.25, -0.2) is 4.98 Å². The molecule has 0 aliphatic rings. The van der Waals surface area contributed by atoms with Gasteiger partial charge in [0.1, 0.15) is 0 Å². The lowest BCUT2D eigenvalue weighted by atomic mass is 9.98. The Morgan fingerprint density at radius 3 is 2.08 bits per heavy atom. The molecule has 0 saturated heterocycles. The molecule has 0 atom stereocenters. The minimum atomic E-state index is -0.826. The normalized spacial score (nSPS) is 11.7. The van der Waals surface area contributed by atoms with Crippen molar-refractivity contribution in [2.24, 2.45) is 0 Å². The third-order valence-electron chi connectivity index (χ3n) is 4.57. The van der Waals surface area contributed by atoms with E-state index < -0.39 is 5.54 Å². The second kappa shape index (κ2) is 6.82. The van der Waals surface area contributed by atoms with Crippen LogP contribution in [0.3, 0.4) is 0 Å². The zero-order valence-electron chi connectivity index (χ0n) is 14.9. The topological polar surface area (TPSA) is 58.3 Å². The number of hydrogen-bond donors (Lipinski definition) is 2. The zero-order chi connectivity index (χ0) is 18.0. The Kier molecular flexibility index (Phi) is 4.75. The smallest absolute Gasteiger partial charge is 0.0965 e. The lowest BCUT2D eigenvalue weighted by Gasteiger charge is -2.29. The van der Waals surface area contributed by atoms with Gasteiger partial charge >= 0.3 is 0 Å². The number of aliphatic hydroxyl groups excluding tert-OH is 2. The summed E-state index contributed by atoms with van der Waals surface area (Å²) >= 11 is 0. The van der Waals surface area contributed by atoms with Crippen LogP contribution in [0.1, 0.15) is 18.1 Å². The van der Waals surface area contributed by atoms with E-state index in [2.05, 4.69) is 37.0 Å². The minimum Gasteiger partial charge on any atom is -0.394 e. The van der Waals surface area contributed by atoms with Crippen LogP contribution in [0, 0.1) is 13.8 Å². The fourth-order valence-electron chi connectivity index (χ4n) is 3.15. The quantitative estimate of drug-likeness (QED) is 0.749. The van der Waals surface area contributed by atoms with Crippen molar-refractivity contribution in [1.82, 2.24) is 9.55 Å². The first-order chi connectivity index (χ1) is 12.0. The van der Waals surface area contributed by atoms with Gasteiger partial charge in [0.05, 0.1) is 36.5 Å². The molecule has 0 aliphatic heterocycles. The summed E-state index contributed by atoms with van der Waals surface area (Å²) in [6.45, 7) is 5.61. The van der Waals surface area contributed by atoms with Gasteiger partial charge in [0.15, 0.2) is 0 Å². The summed E-state index contributed by atoms with van der Waals surface area (Å²) in [7, 11) is 0. The number of aryl methyl sites for hydroxylation is 2. The largest absolute Gasteiger partial charge is 0.394 e. The van der Waals surface area contributed by atoms with Gasteiger partial charge in [-0.3, -0.25) is 0 Å². The van der Waals surface area contributed by atoms with E-state index in [1.807, 2.05) is 41.8 Å². The highest BCUT2D eigenvalue weighted by atomic mass is 16.3. The van der Waals surface area contributed by atoms with Gasteiger partial charge in [0, 0.05) is 11.1 Å². The van der Waals surface area contributed by atoms with Gasteiger partial charge in [-0.05, 0) is 32.9 Å². The number of nitrogens with zero attached hydrogens (tertiary/aromatic N) is 2. The van der Waals surface area contributed by atoms with E-state index in [0.29, 0.717) is 0 Å². The monoisotopic (exact) mass is 336 g/mol. The average molecular weight is 336 g/mol. The predicted molar refractivity (Wildman–Crippen MR) is 100 cm³/mol. The number of rotatable bonds is 5. The Hall–Kier alpha value is -2.43. The molecule has 0 saturated carbocycles. The van der Waals surface area contributed by atoms with Crippen molar-refractivity contribution in [3.63, 3.8) is 0 Å². The highest BCUT2D eigenvalue weighted by Crippen LogP contribution is 2.35. The fourth-order valence-corrected chi connectivity index (χ4v) is 3.15. The molecule has 0 amide bonds. The van der Waals surface area contributed by atoms with Crippen molar-refractivity contribution in [3.8, 4) is 22.5 Å². The van der Waals surface area contributed by atoms with Crippen molar-refractivity contribution in [3.05, 3.63) is 66.0 Å². The molecule has 4 heteroatoms. The van der Waals surface area contributed by atoms with E-state index >= 15 is 0 Å². The first-order valence-electron chi connectivity index (χ1n) is 8.42. The molecular weight excluding hydrogens is 312 g/mol. The van der Waals surface area contributed by atoms with Crippen molar-refractivity contribution in [2.45, 2.75) is 26.3 Å². The van der Waals surface area contributed by atoms with Crippen LogP contribution in [0.15, 0.2) is 54.9 Å². The Morgan fingerprint density at radius 1 is 0.920 bits per heavy atom. The van der Waals surface area contributed by atoms with E-state index in [1.165, 1.54) is 0 Å². The molecule has 3 aromatic rings. The maximum atomic E-state index is 9.89. The summed E-state index contributed by atoms with van der Waals surface area (Å²) in [6, 6.07) is 16.3. The molecule has 0 unspecified atom stereocenters. The van der Waals surface area contributed by atoms with Crippen LogP contribution >= 0.6 is 0 Å². The van der Waals surface area contributed by atoms with Crippen molar-refractivity contribution < 1.29 is 10.2 Å². The molecule has 25 heavy (non-hydrogen) atoms. The molecule has 2 aromatic carbocycles. The molecule has 2 N–H and O–H groups in total. The SMILES string of the molecule is Cc1cc(C)cc(-c2c(-c3ccccc3)ncn2C(C)(CO)CO)c1. The minimum absolute atomic E-state index is 0.175. The Bertz CT molecular complexity index is 845. The molecule has 0 radical (unpaired) electrons. The molecule has 1 aromatic heterocycles. The fraction of sp³-hybridized carbons (Fsp3) is 0.286. The molecule has 0 bridgehead atoms. The van der Waals surface area contributed by atoms with Gasteiger partial charge < -0.3 is 14.8 Å². The van der Waals surface area contributed by atoms with Gasteiger partial charge in [0.2, 0.25) is 0 Å². The van der Waals surface area contributed by atoms with Crippen LogP contribution < -0.4 is 0 Å². The number of hydrogen-bond acceptors (Lipinski definition) is 3. The average Bonchev–Trinajstić information content (AvgIpc) is 3.06. The second-order valence-corrected chi connectivity index (χ2v) is 6.87. The highest BCUT2D eigenvalue weighted by molar-refractivity contribution is 5.79.